The van der Waals surface area contributed by atoms with Gasteiger partial charge in [0.2, 0.25) is 0 Å². The number of nitrogens with zero attached hydrogens (tertiary/aromatic N) is 1. The summed E-state index contributed by atoms with van der Waals surface area (Å²) in [6.45, 7) is 7.52. The Kier molecular flexibility index (Phi) is 6.84. The number of benzene rings is 1. The van der Waals surface area contributed by atoms with E-state index in [2.05, 4.69) is 15.6 Å². The molecule has 3 N–H and O–H groups in total. The van der Waals surface area contributed by atoms with Crippen molar-refractivity contribution in [1.82, 2.24) is 10.6 Å². The van der Waals surface area contributed by atoms with Gasteiger partial charge in [0, 0.05) is 11.4 Å². The number of ether oxygens (including phenoxy) is 1. The Labute approximate surface area is 153 Å². The second kappa shape index (κ2) is 8.87. The standard InChI is InChI=1S/C19H27N3O2S/c1-5-20-18(22-13-19(3,23)17-7-6-10-25-17)21-12-15-9-8-14(2)16(11-15)24-4/h6-11,23H,5,12-13H2,1-4H3,(H2,20,21,22). The molecule has 0 saturated carbocycles. The largest absolute Gasteiger partial charge is 0.496 e. The Balaban J connectivity index is 2.03. The molecule has 25 heavy (non-hydrogen) atoms. The lowest BCUT2D eigenvalue weighted by Gasteiger charge is -2.23. The molecule has 1 aromatic heterocycles. The van der Waals surface area contributed by atoms with Gasteiger partial charge in [0.25, 0.3) is 0 Å². The Morgan fingerprint density at radius 2 is 2.12 bits per heavy atom. The fraction of sp³-hybridized carbons (Fsp3) is 0.421. The molecule has 1 aromatic carbocycles. The fourth-order valence-electron chi connectivity index (χ4n) is 2.40. The number of hydrogen-bond donors (Lipinski definition) is 3. The summed E-state index contributed by atoms with van der Waals surface area (Å²) in [6.07, 6.45) is 0. The maximum absolute atomic E-state index is 10.6. The second-order valence-electron chi connectivity index (χ2n) is 6.10. The van der Waals surface area contributed by atoms with E-state index >= 15 is 0 Å². The highest BCUT2D eigenvalue weighted by atomic mass is 32.1. The number of methoxy groups -OCH3 is 1. The van der Waals surface area contributed by atoms with E-state index in [0.717, 1.165) is 28.3 Å². The summed E-state index contributed by atoms with van der Waals surface area (Å²) in [5.74, 6) is 1.55. The smallest absolute Gasteiger partial charge is 0.191 e. The van der Waals surface area contributed by atoms with Crippen LogP contribution in [0.5, 0.6) is 5.75 Å². The molecule has 5 nitrogen and oxygen atoms in total. The van der Waals surface area contributed by atoms with E-state index in [1.807, 2.05) is 49.6 Å². The van der Waals surface area contributed by atoms with E-state index in [1.165, 1.54) is 0 Å². The molecule has 2 aromatic rings. The molecule has 6 heteroatoms. The highest BCUT2D eigenvalue weighted by molar-refractivity contribution is 7.10. The van der Waals surface area contributed by atoms with Crippen molar-refractivity contribution in [2.75, 3.05) is 20.2 Å². The molecule has 136 valence electrons. The van der Waals surface area contributed by atoms with Crippen molar-refractivity contribution in [3.05, 3.63) is 51.7 Å². The van der Waals surface area contributed by atoms with Crippen molar-refractivity contribution in [1.29, 1.82) is 0 Å². The number of hydrogen-bond acceptors (Lipinski definition) is 4. The quantitative estimate of drug-likeness (QED) is 0.524. The van der Waals surface area contributed by atoms with E-state index in [1.54, 1.807) is 25.4 Å². The fourth-order valence-corrected chi connectivity index (χ4v) is 3.19. The van der Waals surface area contributed by atoms with Crippen molar-refractivity contribution >= 4 is 17.3 Å². The molecule has 0 aliphatic heterocycles. The Morgan fingerprint density at radius 3 is 2.76 bits per heavy atom. The number of guanidine groups is 1. The van der Waals surface area contributed by atoms with E-state index in [0.29, 0.717) is 19.0 Å². The van der Waals surface area contributed by atoms with Crippen LogP contribution in [0.1, 0.15) is 29.9 Å². The van der Waals surface area contributed by atoms with E-state index in [4.69, 9.17) is 4.74 Å². The molecule has 0 amide bonds. The van der Waals surface area contributed by atoms with Gasteiger partial charge >= 0.3 is 0 Å². The molecule has 2 rings (SSSR count). The van der Waals surface area contributed by atoms with Crippen molar-refractivity contribution < 1.29 is 9.84 Å². The van der Waals surface area contributed by atoms with Crippen LogP contribution in [0, 0.1) is 6.92 Å². The molecule has 0 saturated heterocycles. The van der Waals surface area contributed by atoms with Crippen LogP contribution in [0.3, 0.4) is 0 Å². The van der Waals surface area contributed by atoms with Crippen LogP contribution in [-0.4, -0.2) is 31.3 Å². The van der Waals surface area contributed by atoms with Crippen LogP contribution in [-0.2, 0) is 12.1 Å². The maximum Gasteiger partial charge on any atom is 0.191 e. The van der Waals surface area contributed by atoms with Gasteiger partial charge in [-0.15, -0.1) is 11.3 Å². The average molecular weight is 362 g/mol. The van der Waals surface area contributed by atoms with E-state index < -0.39 is 5.60 Å². The minimum Gasteiger partial charge on any atom is -0.496 e. The first-order valence-corrected chi connectivity index (χ1v) is 9.26. The maximum atomic E-state index is 10.6. The number of aliphatic hydroxyl groups is 1. The molecule has 0 fully saturated rings. The third-order valence-corrected chi connectivity index (χ3v) is 5.01. The zero-order valence-electron chi connectivity index (χ0n) is 15.3. The predicted molar refractivity (Wildman–Crippen MR) is 104 cm³/mol. The summed E-state index contributed by atoms with van der Waals surface area (Å²) in [4.78, 5) is 5.53. The second-order valence-corrected chi connectivity index (χ2v) is 7.05. The van der Waals surface area contributed by atoms with Crippen LogP contribution in [0.15, 0.2) is 40.7 Å². The lowest BCUT2D eigenvalue weighted by Crippen LogP contribution is -2.44. The topological polar surface area (TPSA) is 65.9 Å². The lowest BCUT2D eigenvalue weighted by molar-refractivity contribution is 0.0655. The van der Waals surface area contributed by atoms with Crippen LogP contribution >= 0.6 is 11.3 Å². The molecule has 0 aliphatic rings. The summed E-state index contributed by atoms with van der Waals surface area (Å²) < 4.78 is 5.36. The van der Waals surface area contributed by atoms with Crippen molar-refractivity contribution in [2.24, 2.45) is 4.99 Å². The predicted octanol–water partition coefficient (Wildman–Crippen LogP) is 3.03. The van der Waals surface area contributed by atoms with Gasteiger partial charge in [-0.1, -0.05) is 18.2 Å². The zero-order valence-corrected chi connectivity index (χ0v) is 16.1. The van der Waals surface area contributed by atoms with Gasteiger partial charge in [-0.05, 0) is 49.4 Å². The third-order valence-electron chi connectivity index (χ3n) is 3.89. The Morgan fingerprint density at radius 1 is 1.32 bits per heavy atom. The van der Waals surface area contributed by atoms with Crippen LogP contribution < -0.4 is 15.4 Å². The minimum atomic E-state index is -0.933. The summed E-state index contributed by atoms with van der Waals surface area (Å²) in [5, 5.41) is 19.0. The van der Waals surface area contributed by atoms with Crippen molar-refractivity contribution in [2.45, 2.75) is 32.9 Å². The highest BCUT2D eigenvalue weighted by Crippen LogP contribution is 2.24. The minimum absolute atomic E-state index is 0.385. The van der Waals surface area contributed by atoms with Gasteiger partial charge in [0.05, 0.1) is 20.2 Å². The first kappa shape index (κ1) is 19.3. The van der Waals surface area contributed by atoms with Crippen molar-refractivity contribution in [3.63, 3.8) is 0 Å². The number of aryl methyl sites for hydroxylation is 1. The third kappa shape index (κ3) is 5.47. The van der Waals surface area contributed by atoms with Crippen LogP contribution in [0.25, 0.3) is 0 Å². The molecule has 1 heterocycles. The summed E-state index contributed by atoms with van der Waals surface area (Å²) >= 11 is 1.55. The number of rotatable bonds is 7. The van der Waals surface area contributed by atoms with Gasteiger partial charge in [0.15, 0.2) is 5.96 Å². The van der Waals surface area contributed by atoms with Gasteiger partial charge < -0.3 is 20.5 Å². The number of aliphatic imine (C=N–C) groups is 1. The SMILES string of the molecule is CCNC(=NCc1ccc(C)c(OC)c1)NCC(C)(O)c1cccs1. The molecule has 0 spiro atoms. The summed E-state index contributed by atoms with van der Waals surface area (Å²) in [5.41, 5.74) is 1.24. The van der Waals surface area contributed by atoms with Gasteiger partial charge in [-0.25, -0.2) is 4.99 Å². The molecule has 0 radical (unpaired) electrons. The average Bonchev–Trinajstić information content (AvgIpc) is 3.14. The molecular weight excluding hydrogens is 334 g/mol. The molecule has 1 atom stereocenters. The Hall–Kier alpha value is -2.05. The van der Waals surface area contributed by atoms with E-state index in [9.17, 15) is 5.11 Å². The highest BCUT2D eigenvalue weighted by Gasteiger charge is 2.24. The van der Waals surface area contributed by atoms with Gasteiger partial charge in [-0.2, -0.15) is 0 Å². The van der Waals surface area contributed by atoms with Crippen LogP contribution in [0.2, 0.25) is 0 Å². The lowest BCUT2D eigenvalue weighted by atomic mass is 10.1. The van der Waals surface area contributed by atoms with Gasteiger partial charge in [0.1, 0.15) is 11.4 Å². The number of nitrogens with one attached hydrogen (secondary N) is 2. The summed E-state index contributed by atoms with van der Waals surface area (Å²) in [6, 6.07) is 9.97. The molecule has 0 bridgehead atoms. The zero-order chi connectivity index (χ0) is 18.3. The Bertz CT molecular complexity index is 697. The first-order chi connectivity index (χ1) is 12.0. The molecular formula is C19H27N3O2S. The molecule has 0 aliphatic carbocycles. The van der Waals surface area contributed by atoms with Crippen molar-refractivity contribution in [3.8, 4) is 5.75 Å². The van der Waals surface area contributed by atoms with Gasteiger partial charge in [-0.3, -0.25) is 0 Å². The first-order valence-electron chi connectivity index (χ1n) is 8.38. The molecule has 1 unspecified atom stereocenters. The normalized spacial score (nSPS) is 14.0. The summed E-state index contributed by atoms with van der Waals surface area (Å²) in [7, 11) is 1.67. The van der Waals surface area contributed by atoms with E-state index in [-0.39, 0.29) is 0 Å². The van der Waals surface area contributed by atoms with Crippen LogP contribution in [0.4, 0.5) is 0 Å². The number of thiophene rings is 1. The monoisotopic (exact) mass is 361 g/mol.